The van der Waals surface area contributed by atoms with Crippen molar-refractivity contribution in [1.29, 1.82) is 0 Å². The lowest BCUT2D eigenvalue weighted by atomic mass is 10.1. The quantitative estimate of drug-likeness (QED) is 0.668. The highest BCUT2D eigenvalue weighted by Gasteiger charge is 2.32. The number of esters is 1. The maximum absolute atomic E-state index is 12.0. The zero-order valence-electron chi connectivity index (χ0n) is 10.9. The number of ether oxygens (including phenoxy) is 1. The fourth-order valence-corrected chi connectivity index (χ4v) is 2.08. The molecule has 0 unspecified atom stereocenters. The van der Waals surface area contributed by atoms with Gasteiger partial charge in [-0.05, 0) is 39.0 Å². The van der Waals surface area contributed by atoms with Gasteiger partial charge in [-0.25, -0.2) is 4.79 Å². The van der Waals surface area contributed by atoms with Crippen molar-refractivity contribution in [3.63, 3.8) is 0 Å². The number of carbonyl (C=O) groups excluding carboxylic acids is 1. The lowest BCUT2D eigenvalue weighted by Crippen LogP contribution is -2.36. The highest BCUT2D eigenvalue weighted by Crippen LogP contribution is 2.28. The normalized spacial score (nSPS) is 11.7. The number of nitrogens with two attached hydrogens (primary N) is 1. The molecule has 0 bridgehead atoms. The Morgan fingerprint density at radius 3 is 2.78 bits per heavy atom. The van der Waals surface area contributed by atoms with Crippen LogP contribution in [0.2, 0.25) is 0 Å². The molecule has 0 saturated heterocycles. The highest BCUT2D eigenvalue weighted by atomic mass is 16.5. The van der Waals surface area contributed by atoms with Gasteiger partial charge in [0.25, 0.3) is 0 Å². The molecule has 4 heteroatoms. The van der Waals surface area contributed by atoms with Crippen LogP contribution < -0.4 is 5.73 Å². The molecule has 96 valence electrons. The number of carbonyl (C=O) groups is 1. The van der Waals surface area contributed by atoms with Crippen LogP contribution in [0.15, 0.2) is 30.5 Å². The monoisotopic (exact) mass is 246 g/mol. The van der Waals surface area contributed by atoms with E-state index in [-0.39, 0.29) is 5.97 Å². The molecule has 0 radical (unpaired) electrons. The molecule has 0 fully saturated rings. The highest BCUT2D eigenvalue weighted by molar-refractivity contribution is 5.93. The van der Waals surface area contributed by atoms with E-state index >= 15 is 0 Å². The molecular formula is C14H18N2O2. The number of rotatable bonds is 3. The van der Waals surface area contributed by atoms with Gasteiger partial charge in [0.2, 0.25) is 0 Å². The molecule has 0 spiro atoms. The Kier molecular flexibility index (Phi) is 3.03. The van der Waals surface area contributed by atoms with E-state index in [1.165, 1.54) is 0 Å². The molecule has 0 aliphatic rings. The average molecular weight is 246 g/mol. The first-order chi connectivity index (χ1) is 8.48. The fourth-order valence-electron chi connectivity index (χ4n) is 2.08. The summed E-state index contributed by atoms with van der Waals surface area (Å²) in [5, 5.41) is 0.954. The number of anilines is 1. The van der Waals surface area contributed by atoms with E-state index in [1.54, 1.807) is 6.92 Å². The molecule has 4 nitrogen and oxygen atoms in total. The van der Waals surface area contributed by atoms with Gasteiger partial charge in [-0.3, -0.25) is 0 Å². The predicted molar refractivity (Wildman–Crippen MR) is 72.3 cm³/mol. The molecule has 2 aromatic rings. The van der Waals surface area contributed by atoms with Crippen molar-refractivity contribution in [2.75, 3.05) is 12.3 Å². The van der Waals surface area contributed by atoms with Gasteiger partial charge in [0.1, 0.15) is 5.54 Å². The third-order valence-corrected chi connectivity index (χ3v) is 3.14. The van der Waals surface area contributed by atoms with Gasteiger partial charge in [-0.2, -0.15) is 0 Å². The minimum Gasteiger partial charge on any atom is -0.464 e. The lowest BCUT2D eigenvalue weighted by molar-refractivity contribution is -0.151. The molecule has 0 aliphatic heterocycles. The molecule has 2 N–H and O–H groups in total. The third-order valence-electron chi connectivity index (χ3n) is 3.14. The molecule has 1 aromatic heterocycles. The van der Waals surface area contributed by atoms with Gasteiger partial charge in [0.05, 0.1) is 12.1 Å². The molecular weight excluding hydrogens is 228 g/mol. The van der Waals surface area contributed by atoms with E-state index in [2.05, 4.69) is 0 Å². The van der Waals surface area contributed by atoms with Gasteiger partial charge in [0, 0.05) is 17.3 Å². The number of nitrogen functional groups attached to an aromatic ring is 1. The standard InChI is InChI=1S/C14H18N2O2/c1-4-18-13(17)14(2,3)16-9-8-10-11(15)6-5-7-12(10)16/h5-9H,4,15H2,1-3H3. The topological polar surface area (TPSA) is 57.2 Å². The number of hydrogen-bond donors (Lipinski definition) is 1. The SMILES string of the molecule is CCOC(=O)C(C)(C)n1ccc2c(N)cccc21. The van der Waals surface area contributed by atoms with Gasteiger partial charge in [0.15, 0.2) is 0 Å². The molecule has 1 aromatic carbocycles. The van der Waals surface area contributed by atoms with Crippen molar-refractivity contribution >= 4 is 22.6 Å². The molecule has 0 saturated carbocycles. The van der Waals surface area contributed by atoms with Crippen molar-refractivity contribution < 1.29 is 9.53 Å². The van der Waals surface area contributed by atoms with E-state index in [4.69, 9.17) is 10.5 Å². The first-order valence-corrected chi connectivity index (χ1v) is 6.01. The summed E-state index contributed by atoms with van der Waals surface area (Å²) >= 11 is 0. The summed E-state index contributed by atoms with van der Waals surface area (Å²) in [7, 11) is 0. The largest absolute Gasteiger partial charge is 0.464 e. The van der Waals surface area contributed by atoms with Crippen LogP contribution >= 0.6 is 0 Å². The minimum absolute atomic E-state index is 0.245. The first kappa shape index (κ1) is 12.5. The minimum atomic E-state index is -0.744. The van der Waals surface area contributed by atoms with E-state index in [0.717, 1.165) is 10.9 Å². The Morgan fingerprint density at radius 1 is 1.39 bits per heavy atom. The van der Waals surface area contributed by atoms with Crippen molar-refractivity contribution in [3.05, 3.63) is 30.5 Å². The van der Waals surface area contributed by atoms with Gasteiger partial charge < -0.3 is 15.0 Å². The van der Waals surface area contributed by atoms with Crippen LogP contribution in [0.1, 0.15) is 20.8 Å². The van der Waals surface area contributed by atoms with Crippen LogP contribution in [0.3, 0.4) is 0 Å². The Bertz CT molecular complexity index is 584. The molecule has 0 aliphatic carbocycles. The van der Waals surface area contributed by atoms with E-state index < -0.39 is 5.54 Å². The number of nitrogens with zero attached hydrogens (tertiary/aromatic N) is 1. The summed E-state index contributed by atoms with van der Waals surface area (Å²) in [6.07, 6.45) is 1.87. The van der Waals surface area contributed by atoms with E-state index in [1.807, 2.05) is 48.9 Å². The van der Waals surface area contributed by atoms with Gasteiger partial charge in [-0.1, -0.05) is 6.07 Å². The van der Waals surface area contributed by atoms with Crippen LogP contribution in [0.4, 0.5) is 5.69 Å². The molecule has 0 amide bonds. The smallest absolute Gasteiger partial charge is 0.331 e. The molecule has 1 heterocycles. The average Bonchev–Trinajstić information content (AvgIpc) is 2.75. The van der Waals surface area contributed by atoms with Crippen molar-refractivity contribution in [2.24, 2.45) is 0 Å². The summed E-state index contributed by atoms with van der Waals surface area (Å²) in [5.74, 6) is -0.245. The molecule has 2 rings (SSSR count). The predicted octanol–water partition coefficient (Wildman–Crippen LogP) is 2.52. The van der Waals surface area contributed by atoms with Crippen LogP contribution in [0.25, 0.3) is 10.9 Å². The zero-order chi connectivity index (χ0) is 13.3. The van der Waals surface area contributed by atoms with Crippen LogP contribution in [-0.2, 0) is 15.1 Å². The zero-order valence-corrected chi connectivity index (χ0v) is 10.9. The van der Waals surface area contributed by atoms with E-state index in [0.29, 0.717) is 12.3 Å². The molecule has 0 atom stereocenters. The summed E-state index contributed by atoms with van der Waals surface area (Å²) in [6, 6.07) is 7.61. The van der Waals surface area contributed by atoms with Gasteiger partial charge in [-0.15, -0.1) is 0 Å². The van der Waals surface area contributed by atoms with Crippen molar-refractivity contribution in [3.8, 4) is 0 Å². The van der Waals surface area contributed by atoms with Crippen LogP contribution in [0, 0.1) is 0 Å². The van der Waals surface area contributed by atoms with Crippen molar-refractivity contribution in [1.82, 2.24) is 4.57 Å². The van der Waals surface area contributed by atoms with E-state index in [9.17, 15) is 4.79 Å². The summed E-state index contributed by atoms with van der Waals surface area (Å²) in [4.78, 5) is 12.0. The maximum Gasteiger partial charge on any atom is 0.331 e. The summed E-state index contributed by atoms with van der Waals surface area (Å²) in [6.45, 7) is 5.87. The summed E-state index contributed by atoms with van der Waals surface area (Å²) < 4.78 is 7.02. The lowest BCUT2D eigenvalue weighted by Gasteiger charge is -2.25. The Hall–Kier alpha value is -1.97. The number of hydrogen-bond acceptors (Lipinski definition) is 3. The van der Waals surface area contributed by atoms with Gasteiger partial charge >= 0.3 is 5.97 Å². The molecule has 18 heavy (non-hydrogen) atoms. The fraction of sp³-hybridized carbons (Fsp3) is 0.357. The summed E-state index contributed by atoms with van der Waals surface area (Å²) in [5.41, 5.74) is 6.83. The number of aromatic nitrogens is 1. The van der Waals surface area contributed by atoms with Crippen molar-refractivity contribution in [2.45, 2.75) is 26.3 Å². The Balaban J connectivity index is 2.54. The van der Waals surface area contributed by atoms with Crippen LogP contribution in [0.5, 0.6) is 0 Å². The number of benzene rings is 1. The Labute approximate surface area is 106 Å². The third kappa shape index (κ3) is 1.83. The second-order valence-electron chi connectivity index (χ2n) is 4.75. The second kappa shape index (κ2) is 4.37. The first-order valence-electron chi connectivity index (χ1n) is 6.01. The second-order valence-corrected chi connectivity index (χ2v) is 4.75. The maximum atomic E-state index is 12.0. The number of fused-ring (bicyclic) bond motifs is 1. The Morgan fingerprint density at radius 2 is 2.11 bits per heavy atom. The van der Waals surface area contributed by atoms with Crippen LogP contribution in [-0.4, -0.2) is 17.1 Å².